The summed E-state index contributed by atoms with van der Waals surface area (Å²) >= 11 is 0. The smallest absolute Gasteiger partial charge is 0.0546 e. The Morgan fingerprint density at radius 1 is 0.531 bits per heavy atom. The second kappa shape index (κ2) is 10.9. The van der Waals surface area contributed by atoms with Crippen LogP contribution < -0.4 is 4.90 Å². The minimum atomic E-state index is -0.0883. The number of anilines is 3. The van der Waals surface area contributed by atoms with E-state index in [1.807, 2.05) is 0 Å². The Hall–Kier alpha value is -5.14. The Labute approximate surface area is 289 Å². The third-order valence-electron chi connectivity index (χ3n) is 12.3. The molecule has 0 radical (unpaired) electrons. The first kappa shape index (κ1) is 28.8. The van der Waals surface area contributed by atoms with Crippen LogP contribution in [0.5, 0.6) is 0 Å². The van der Waals surface area contributed by atoms with Gasteiger partial charge in [-0.2, -0.15) is 0 Å². The van der Waals surface area contributed by atoms with Gasteiger partial charge in [-0.05, 0) is 128 Å². The topological polar surface area (TPSA) is 3.24 Å². The van der Waals surface area contributed by atoms with Crippen LogP contribution in [0, 0.1) is 11.8 Å². The molecule has 49 heavy (non-hydrogen) atoms. The van der Waals surface area contributed by atoms with Crippen molar-refractivity contribution in [2.24, 2.45) is 11.8 Å². The minimum Gasteiger partial charge on any atom is -0.310 e. The normalized spacial score (nSPS) is 20.1. The Morgan fingerprint density at radius 3 is 1.98 bits per heavy atom. The molecule has 2 saturated carbocycles. The van der Waals surface area contributed by atoms with Gasteiger partial charge in [0.25, 0.3) is 0 Å². The first-order valence-corrected chi connectivity index (χ1v) is 18.2. The van der Waals surface area contributed by atoms with Gasteiger partial charge in [0, 0.05) is 22.4 Å². The molecule has 7 aromatic rings. The van der Waals surface area contributed by atoms with Crippen LogP contribution in [0.3, 0.4) is 0 Å². The zero-order chi connectivity index (χ0) is 32.7. The van der Waals surface area contributed by atoms with Crippen LogP contribution in [0.4, 0.5) is 17.1 Å². The maximum absolute atomic E-state index is 2.51. The Bertz CT molecular complexity index is 2400. The monoisotopic (exact) mass is 631 g/mol. The van der Waals surface area contributed by atoms with Gasteiger partial charge in [-0.1, -0.05) is 129 Å². The van der Waals surface area contributed by atoms with Crippen molar-refractivity contribution in [3.05, 3.63) is 162 Å². The SMILES string of the molecule is CC1(C)c2cc(N(c3ccc4ccccc4c3)c3cc4ccccc4cc3-c3ccccc3)ccc2-c2c(C3CC4CCC3C4)cccc21. The number of nitrogens with zero attached hydrogens (tertiary/aromatic N) is 1. The van der Waals surface area contributed by atoms with Crippen LogP contribution in [-0.2, 0) is 5.41 Å². The van der Waals surface area contributed by atoms with Gasteiger partial charge in [0.2, 0.25) is 0 Å². The van der Waals surface area contributed by atoms with Crippen molar-refractivity contribution in [2.75, 3.05) is 4.90 Å². The molecule has 0 spiro atoms. The summed E-state index contributed by atoms with van der Waals surface area (Å²) in [6.45, 7) is 4.88. The van der Waals surface area contributed by atoms with E-state index in [9.17, 15) is 0 Å². The average molecular weight is 632 g/mol. The molecule has 2 bridgehead atoms. The Balaban J connectivity index is 1.20. The van der Waals surface area contributed by atoms with Crippen LogP contribution in [0.2, 0.25) is 0 Å². The Kier molecular flexibility index (Phi) is 6.44. The average Bonchev–Trinajstić information content (AvgIpc) is 3.84. The van der Waals surface area contributed by atoms with Gasteiger partial charge >= 0.3 is 0 Å². The number of benzene rings is 7. The molecule has 3 unspecified atom stereocenters. The van der Waals surface area contributed by atoms with Crippen molar-refractivity contribution in [2.45, 2.75) is 50.9 Å². The zero-order valence-corrected chi connectivity index (χ0v) is 28.4. The zero-order valence-electron chi connectivity index (χ0n) is 28.4. The summed E-state index contributed by atoms with van der Waals surface area (Å²) in [5, 5.41) is 5.00. The van der Waals surface area contributed by atoms with Gasteiger partial charge in [0.05, 0.1) is 5.69 Å². The van der Waals surface area contributed by atoms with Crippen molar-refractivity contribution < 1.29 is 0 Å². The van der Waals surface area contributed by atoms with E-state index in [1.165, 1.54) is 97.7 Å². The molecular weight excluding hydrogens is 591 g/mol. The second-order valence-electron chi connectivity index (χ2n) is 15.4. The molecule has 3 atom stereocenters. The predicted molar refractivity (Wildman–Crippen MR) is 207 cm³/mol. The molecule has 10 rings (SSSR count). The van der Waals surface area contributed by atoms with Gasteiger partial charge < -0.3 is 4.90 Å². The van der Waals surface area contributed by atoms with Gasteiger partial charge in [-0.3, -0.25) is 0 Å². The quantitative estimate of drug-likeness (QED) is 0.183. The first-order valence-electron chi connectivity index (χ1n) is 18.2. The summed E-state index contributed by atoms with van der Waals surface area (Å²) in [5.41, 5.74) is 13.4. The van der Waals surface area contributed by atoms with E-state index in [2.05, 4.69) is 164 Å². The molecule has 1 heteroatoms. The molecule has 0 amide bonds. The lowest BCUT2D eigenvalue weighted by molar-refractivity contribution is 0.420. The van der Waals surface area contributed by atoms with E-state index >= 15 is 0 Å². The lowest BCUT2D eigenvalue weighted by atomic mass is 9.78. The van der Waals surface area contributed by atoms with Gasteiger partial charge in [-0.25, -0.2) is 0 Å². The fraction of sp³-hybridized carbons (Fsp3) is 0.208. The summed E-state index contributed by atoms with van der Waals surface area (Å²) in [5.74, 6) is 2.49. The fourth-order valence-electron chi connectivity index (χ4n) is 9.88. The molecule has 0 aliphatic heterocycles. The number of hydrogen-bond donors (Lipinski definition) is 0. The van der Waals surface area contributed by atoms with Crippen LogP contribution in [0.25, 0.3) is 43.8 Å². The standard InChI is InChI=1S/C48H41N/c1-48(2)44-18-10-17-40(42-26-31-19-20-37(42)25-31)47(44)41-24-23-39(30-45(41)48)49(38-22-21-32-11-6-7-14-34(32)27-38)46-29-36-16-9-8-15-35(36)28-43(46)33-12-4-3-5-13-33/h3-18,21-24,27-31,37,42H,19-20,25-26H2,1-2H3. The first-order chi connectivity index (χ1) is 24.0. The molecule has 0 aromatic heterocycles. The van der Waals surface area contributed by atoms with Crippen molar-refractivity contribution in [1.29, 1.82) is 0 Å². The highest BCUT2D eigenvalue weighted by Crippen LogP contribution is 2.59. The molecule has 1 nitrogen and oxygen atoms in total. The minimum absolute atomic E-state index is 0.0883. The number of rotatable bonds is 5. The van der Waals surface area contributed by atoms with Crippen molar-refractivity contribution in [1.82, 2.24) is 0 Å². The van der Waals surface area contributed by atoms with Crippen molar-refractivity contribution in [3.63, 3.8) is 0 Å². The van der Waals surface area contributed by atoms with Crippen LogP contribution >= 0.6 is 0 Å². The van der Waals surface area contributed by atoms with Crippen LogP contribution in [0.1, 0.15) is 62.1 Å². The molecule has 238 valence electrons. The van der Waals surface area contributed by atoms with Crippen LogP contribution in [-0.4, -0.2) is 0 Å². The molecule has 0 heterocycles. The molecule has 7 aromatic carbocycles. The van der Waals surface area contributed by atoms with Gasteiger partial charge in [0.1, 0.15) is 0 Å². The van der Waals surface area contributed by atoms with E-state index in [1.54, 1.807) is 5.56 Å². The molecule has 3 aliphatic rings. The van der Waals surface area contributed by atoms with E-state index in [4.69, 9.17) is 0 Å². The highest BCUT2D eigenvalue weighted by atomic mass is 15.1. The molecule has 2 fully saturated rings. The second-order valence-corrected chi connectivity index (χ2v) is 15.4. The molecule has 3 aliphatic carbocycles. The third kappa shape index (κ3) is 4.52. The van der Waals surface area contributed by atoms with Gasteiger partial charge in [0.15, 0.2) is 0 Å². The summed E-state index contributed by atoms with van der Waals surface area (Å²) in [6, 6.07) is 54.6. The fourth-order valence-corrected chi connectivity index (χ4v) is 9.88. The number of fused-ring (bicyclic) bond motifs is 7. The van der Waals surface area contributed by atoms with E-state index in [-0.39, 0.29) is 5.41 Å². The van der Waals surface area contributed by atoms with E-state index in [0.717, 1.165) is 11.8 Å². The molecular formula is C48H41N. The third-order valence-corrected chi connectivity index (χ3v) is 12.3. The summed E-state index contributed by atoms with van der Waals surface area (Å²) < 4.78 is 0. The highest BCUT2D eigenvalue weighted by Gasteiger charge is 2.44. The largest absolute Gasteiger partial charge is 0.310 e. The molecule has 0 N–H and O–H groups in total. The molecule has 0 saturated heterocycles. The van der Waals surface area contributed by atoms with Crippen molar-refractivity contribution >= 4 is 38.6 Å². The highest BCUT2D eigenvalue weighted by molar-refractivity contribution is 6.00. The van der Waals surface area contributed by atoms with E-state index < -0.39 is 0 Å². The number of hydrogen-bond acceptors (Lipinski definition) is 1. The maximum Gasteiger partial charge on any atom is 0.0546 e. The van der Waals surface area contributed by atoms with Crippen molar-refractivity contribution in [3.8, 4) is 22.3 Å². The summed E-state index contributed by atoms with van der Waals surface area (Å²) in [7, 11) is 0. The summed E-state index contributed by atoms with van der Waals surface area (Å²) in [6.07, 6.45) is 5.64. The van der Waals surface area contributed by atoms with E-state index in [0.29, 0.717) is 5.92 Å². The van der Waals surface area contributed by atoms with Crippen LogP contribution in [0.15, 0.2) is 146 Å². The lowest BCUT2D eigenvalue weighted by Crippen LogP contribution is -2.17. The van der Waals surface area contributed by atoms with Gasteiger partial charge in [-0.15, -0.1) is 0 Å². The maximum atomic E-state index is 2.51. The summed E-state index contributed by atoms with van der Waals surface area (Å²) in [4.78, 5) is 2.51. The lowest BCUT2D eigenvalue weighted by Gasteiger charge is -2.30. The predicted octanol–water partition coefficient (Wildman–Crippen LogP) is 13.3. The Morgan fingerprint density at radius 2 is 1.22 bits per heavy atom.